The average Bonchev–Trinajstić information content (AvgIpc) is 2.37. The zero-order valence-corrected chi connectivity index (χ0v) is 10.4. The lowest BCUT2D eigenvalue weighted by Crippen LogP contribution is -2.43. The van der Waals surface area contributed by atoms with E-state index in [0.717, 1.165) is 26.1 Å². The third-order valence-corrected chi connectivity index (χ3v) is 2.61. The lowest BCUT2D eigenvalue weighted by Gasteiger charge is -2.19. The molecule has 4 heteroatoms. The summed E-state index contributed by atoms with van der Waals surface area (Å²) in [4.78, 5) is 0. The Hall–Kier alpha value is -0.940. The van der Waals surface area contributed by atoms with Gasteiger partial charge in [0.2, 0.25) is 0 Å². The van der Waals surface area contributed by atoms with Crippen LogP contribution in [0.5, 0.6) is 0 Å². The Labute approximate surface area is 104 Å². The molecule has 0 spiro atoms. The lowest BCUT2D eigenvalue weighted by molar-refractivity contribution is 0.478. The molecule has 0 saturated carbocycles. The molecule has 0 saturated heterocycles. The maximum absolute atomic E-state index is 5.52. The molecule has 1 aromatic carbocycles. The summed E-state index contributed by atoms with van der Waals surface area (Å²) in [6.45, 7) is 3.97. The molecule has 0 amide bonds. The summed E-state index contributed by atoms with van der Waals surface area (Å²) >= 11 is 0. The van der Waals surface area contributed by atoms with Crippen LogP contribution in [0.25, 0.3) is 0 Å². The van der Waals surface area contributed by atoms with Crippen molar-refractivity contribution < 1.29 is 0 Å². The maximum atomic E-state index is 5.52. The summed E-state index contributed by atoms with van der Waals surface area (Å²) in [5.74, 6) is 0. The minimum absolute atomic E-state index is 0.410. The van der Waals surface area contributed by atoms with Crippen molar-refractivity contribution in [1.29, 1.82) is 0 Å². The van der Waals surface area contributed by atoms with Crippen LogP contribution in [0.2, 0.25) is 0 Å². The van der Waals surface area contributed by atoms with Crippen LogP contribution < -0.4 is 22.1 Å². The highest BCUT2D eigenvalue weighted by atomic mass is 15.0. The molecule has 0 aliphatic carbocycles. The number of hydrogen-bond donors (Lipinski definition) is 4. The summed E-state index contributed by atoms with van der Waals surface area (Å²) in [7, 11) is 0. The highest BCUT2D eigenvalue weighted by Crippen LogP contribution is 2.02. The van der Waals surface area contributed by atoms with E-state index in [4.69, 9.17) is 11.5 Å². The normalized spacial score (nSPS) is 12.6. The zero-order valence-electron chi connectivity index (χ0n) is 10.4. The Morgan fingerprint density at radius 1 is 1.00 bits per heavy atom. The highest BCUT2D eigenvalue weighted by molar-refractivity contribution is 5.16. The first-order chi connectivity index (χ1) is 8.36. The number of hydrogen-bond acceptors (Lipinski definition) is 4. The fourth-order valence-corrected chi connectivity index (χ4v) is 1.78. The fourth-order valence-electron chi connectivity index (χ4n) is 1.78. The van der Waals surface area contributed by atoms with Crippen molar-refractivity contribution in [3.8, 4) is 0 Å². The van der Waals surface area contributed by atoms with Crippen LogP contribution in [-0.4, -0.2) is 38.8 Å². The summed E-state index contributed by atoms with van der Waals surface area (Å²) in [5, 5.41) is 6.78. The molecule has 1 atom stereocenters. The number of nitrogens with two attached hydrogens (primary N) is 2. The molecule has 0 radical (unpaired) electrons. The van der Waals surface area contributed by atoms with E-state index in [-0.39, 0.29) is 0 Å². The van der Waals surface area contributed by atoms with E-state index in [2.05, 4.69) is 34.9 Å². The monoisotopic (exact) mass is 236 g/mol. The predicted octanol–water partition coefficient (Wildman–Crippen LogP) is -0.306. The highest BCUT2D eigenvalue weighted by Gasteiger charge is 2.07. The van der Waals surface area contributed by atoms with Crippen molar-refractivity contribution in [2.24, 2.45) is 11.5 Å². The molecule has 1 rings (SSSR count). The third kappa shape index (κ3) is 6.38. The molecular weight excluding hydrogens is 212 g/mol. The Morgan fingerprint density at radius 3 is 2.35 bits per heavy atom. The Balaban J connectivity index is 2.39. The molecule has 4 nitrogen and oxygen atoms in total. The standard InChI is InChI=1S/C13H24N4/c14-6-8-16-11-13(17-9-7-15)10-12-4-2-1-3-5-12/h1-5,13,16-17H,6-11,14-15H2. The molecule has 0 aliphatic rings. The Morgan fingerprint density at radius 2 is 1.71 bits per heavy atom. The van der Waals surface area contributed by atoms with Gasteiger partial charge in [0.05, 0.1) is 0 Å². The van der Waals surface area contributed by atoms with Gasteiger partial charge >= 0.3 is 0 Å². The molecule has 1 unspecified atom stereocenters. The van der Waals surface area contributed by atoms with Gasteiger partial charge in [0.25, 0.3) is 0 Å². The molecule has 0 bridgehead atoms. The van der Waals surface area contributed by atoms with Gasteiger partial charge in [-0.2, -0.15) is 0 Å². The van der Waals surface area contributed by atoms with Crippen LogP contribution in [0.4, 0.5) is 0 Å². The lowest BCUT2D eigenvalue weighted by atomic mass is 10.1. The van der Waals surface area contributed by atoms with E-state index in [1.54, 1.807) is 0 Å². The largest absolute Gasteiger partial charge is 0.329 e. The second-order valence-corrected chi connectivity index (χ2v) is 4.12. The van der Waals surface area contributed by atoms with Crippen LogP contribution >= 0.6 is 0 Å². The third-order valence-electron chi connectivity index (χ3n) is 2.61. The zero-order chi connectivity index (χ0) is 12.3. The molecule has 0 fully saturated rings. The quantitative estimate of drug-likeness (QED) is 0.444. The second-order valence-electron chi connectivity index (χ2n) is 4.12. The Bertz CT molecular complexity index is 276. The van der Waals surface area contributed by atoms with E-state index < -0.39 is 0 Å². The minimum atomic E-state index is 0.410. The van der Waals surface area contributed by atoms with Crippen molar-refractivity contribution in [3.63, 3.8) is 0 Å². The molecule has 17 heavy (non-hydrogen) atoms. The van der Waals surface area contributed by atoms with E-state index in [1.807, 2.05) is 6.07 Å². The second kappa shape index (κ2) is 9.13. The van der Waals surface area contributed by atoms with Gasteiger partial charge in [-0.25, -0.2) is 0 Å². The van der Waals surface area contributed by atoms with Gasteiger partial charge in [-0.15, -0.1) is 0 Å². The van der Waals surface area contributed by atoms with Crippen LogP contribution in [0.1, 0.15) is 5.56 Å². The average molecular weight is 236 g/mol. The van der Waals surface area contributed by atoms with Crippen molar-refractivity contribution in [2.75, 3.05) is 32.7 Å². The predicted molar refractivity (Wildman–Crippen MR) is 72.9 cm³/mol. The van der Waals surface area contributed by atoms with Crippen LogP contribution in [0.15, 0.2) is 30.3 Å². The molecule has 0 aliphatic heterocycles. The summed E-state index contributed by atoms with van der Waals surface area (Å²) in [5.41, 5.74) is 12.3. The van der Waals surface area contributed by atoms with Crippen LogP contribution in [-0.2, 0) is 6.42 Å². The summed E-state index contributed by atoms with van der Waals surface area (Å²) in [6, 6.07) is 10.9. The van der Waals surface area contributed by atoms with E-state index in [0.29, 0.717) is 19.1 Å². The molecule has 6 N–H and O–H groups in total. The first-order valence-electron chi connectivity index (χ1n) is 6.25. The smallest absolute Gasteiger partial charge is 0.0233 e. The van der Waals surface area contributed by atoms with Gasteiger partial charge in [0.15, 0.2) is 0 Å². The summed E-state index contributed by atoms with van der Waals surface area (Å²) in [6.07, 6.45) is 1.01. The van der Waals surface area contributed by atoms with Crippen molar-refractivity contribution >= 4 is 0 Å². The molecule has 96 valence electrons. The number of benzene rings is 1. The topological polar surface area (TPSA) is 76.1 Å². The van der Waals surface area contributed by atoms with E-state index in [1.165, 1.54) is 5.56 Å². The number of nitrogens with one attached hydrogen (secondary N) is 2. The van der Waals surface area contributed by atoms with Crippen molar-refractivity contribution in [1.82, 2.24) is 10.6 Å². The van der Waals surface area contributed by atoms with Crippen LogP contribution in [0.3, 0.4) is 0 Å². The van der Waals surface area contributed by atoms with Gasteiger partial charge in [0, 0.05) is 38.8 Å². The first kappa shape index (κ1) is 14.1. The fraction of sp³-hybridized carbons (Fsp3) is 0.538. The van der Waals surface area contributed by atoms with Gasteiger partial charge < -0.3 is 22.1 Å². The van der Waals surface area contributed by atoms with Crippen molar-refractivity contribution in [3.05, 3.63) is 35.9 Å². The SMILES string of the molecule is NCCNCC(Cc1ccccc1)NCCN. The van der Waals surface area contributed by atoms with Crippen molar-refractivity contribution in [2.45, 2.75) is 12.5 Å². The van der Waals surface area contributed by atoms with E-state index in [9.17, 15) is 0 Å². The molecule has 0 heterocycles. The van der Waals surface area contributed by atoms with E-state index >= 15 is 0 Å². The van der Waals surface area contributed by atoms with Crippen LogP contribution in [0, 0.1) is 0 Å². The minimum Gasteiger partial charge on any atom is -0.329 e. The summed E-state index contributed by atoms with van der Waals surface area (Å²) < 4.78 is 0. The van der Waals surface area contributed by atoms with Gasteiger partial charge in [-0.3, -0.25) is 0 Å². The maximum Gasteiger partial charge on any atom is 0.0233 e. The van der Waals surface area contributed by atoms with Gasteiger partial charge in [-0.05, 0) is 12.0 Å². The molecule has 0 aromatic heterocycles. The molecule has 1 aromatic rings. The van der Waals surface area contributed by atoms with Gasteiger partial charge in [-0.1, -0.05) is 30.3 Å². The Kier molecular flexibility index (Phi) is 7.58. The number of rotatable bonds is 9. The van der Waals surface area contributed by atoms with Gasteiger partial charge in [0.1, 0.15) is 0 Å². The molecular formula is C13H24N4. The first-order valence-corrected chi connectivity index (χ1v) is 6.25.